The molecule has 0 bridgehead atoms. The van der Waals surface area contributed by atoms with Gasteiger partial charge in [-0.1, -0.05) is 17.7 Å². The maximum atomic E-state index is 5.99. The monoisotopic (exact) mass is 408 g/mol. The topological polar surface area (TPSA) is 38.0 Å². The summed E-state index contributed by atoms with van der Waals surface area (Å²) in [6.45, 7) is 0. The summed E-state index contributed by atoms with van der Waals surface area (Å²) in [5, 5.41) is 0.702. The van der Waals surface area contributed by atoms with E-state index in [-0.39, 0.29) is 6.04 Å². The van der Waals surface area contributed by atoms with Gasteiger partial charge in [-0.3, -0.25) is 11.3 Å². The van der Waals surface area contributed by atoms with Crippen molar-refractivity contribution in [1.29, 1.82) is 0 Å². The number of hydrogen-bond donors (Lipinski definition) is 2. The standard InChI is InChI=1S/C12H11Br2ClN2S/c13-9-5-7(1-3-10(9)15)11(17-16)6-8-2-4-12(14)18-8/h1-5,11,17H,6,16H2. The van der Waals surface area contributed by atoms with Crippen molar-refractivity contribution in [2.45, 2.75) is 12.5 Å². The second kappa shape index (κ2) is 6.50. The molecule has 0 amide bonds. The zero-order valence-electron chi connectivity index (χ0n) is 9.29. The normalized spacial score (nSPS) is 12.7. The highest BCUT2D eigenvalue weighted by Crippen LogP contribution is 2.30. The Labute approximate surface area is 132 Å². The summed E-state index contributed by atoms with van der Waals surface area (Å²) in [6.07, 6.45) is 0.848. The zero-order valence-corrected chi connectivity index (χ0v) is 14.0. The van der Waals surface area contributed by atoms with Crippen molar-refractivity contribution in [3.8, 4) is 0 Å². The van der Waals surface area contributed by atoms with Crippen molar-refractivity contribution in [2.24, 2.45) is 5.84 Å². The lowest BCUT2D eigenvalue weighted by atomic mass is 10.0. The Morgan fingerprint density at radius 1 is 1.28 bits per heavy atom. The fourth-order valence-electron chi connectivity index (χ4n) is 1.66. The van der Waals surface area contributed by atoms with Crippen molar-refractivity contribution < 1.29 is 0 Å². The van der Waals surface area contributed by atoms with Gasteiger partial charge in [-0.25, -0.2) is 0 Å². The SMILES string of the molecule is NNC(Cc1ccc(Br)s1)c1ccc(Cl)c(Br)c1. The third kappa shape index (κ3) is 3.56. The smallest absolute Gasteiger partial charge is 0.0701 e. The summed E-state index contributed by atoms with van der Waals surface area (Å²) >= 11 is 14.6. The van der Waals surface area contributed by atoms with E-state index >= 15 is 0 Å². The summed E-state index contributed by atoms with van der Waals surface area (Å²) in [5.41, 5.74) is 3.96. The van der Waals surface area contributed by atoms with Crippen LogP contribution in [0.25, 0.3) is 0 Å². The molecule has 0 saturated heterocycles. The van der Waals surface area contributed by atoms with Gasteiger partial charge in [-0.2, -0.15) is 0 Å². The Morgan fingerprint density at radius 3 is 2.61 bits per heavy atom. The third-order valence-corrected chi connectivity index (χ3v) is 5.44. The highest BCUT2D eigenvalue weighted by Gasteiger charge is 2.13. The average molecular weight is 411 g/mol. The molecule has 0 aliphatic carbocycles. The van der Waals surface area contributed by atoms with Crippen LogP contribution < -0.4 is 11.3 Å². The first-order chi connectivity index (χ1) is 8.60. The zero-order chi connectivity index (χ0) is 13.1. The maximum Gasteiger partial charge on any atom is 0.0701 e. The predicted octanol–water partition coefficient (Wildman–Crippen LogP) is 4.67. The van der Waals surface area contributed by atoms with Crippen molar-refractivity contribution in [2.75, 3.05) is 0 Å². The molecule has 18 heavy (non-hydrogen) atoms. The van der Waals surface area contributed by atoms with Gasteiger partial charge in [-0.15, -0.1) is 11.3 Å². The number of rotatable bonds is 4. The number of halogens is 3. The van der Waals surface area contributed by atoms with Gasteiger partial charge in [0.15, 0.2) is 0 Å². The largest absolute Gasteiger partial charge is 0.271 e. The van der Waals surface area contributed by atoms with Gasteiger partial charge < -0.3 is 0 Å². The molecule has 0 aliphatic heterocycles. The molecule has 1 aromatic heterocycles. The summed E-state index contributed by atoms with van der Waals surface area (Å²) in [5.74, 6) is 5.64. The van der Waals surface area contributed by atoms with E-state index in [0.717, 1.165) is 20.2 Å². The van der Waals surface area contributed by atoms with Crippen LogP contribution in [-0.2, 0) is 6.42 Å². The molecule has 1 heterocycles. The molecule has 0 saturated carbocycles. The molecule has 1 aromatic carbocycles. The van der Waals surface area contributed by atoms with Crippen LogP contribution in [0.15, 0.2) is 38.6 Å². The van der Waals surface area contributed by atoms with Gasteiger partial charge in [0, 0.05) is 15.8 Å². The molecule has 1 unspecified atom stereocenters. The van der Waals surface area contributed by atoms with Gasteiger partial charge in [0.2, 0.25) is 0 Å². The fraction of sp³-hybridized carbons (Fsp3) is 0.167. The van der Waals surface area contributed by atoms with Crippen LogP contribution in [-0.4, -0.2) is 0 Å². The Morgan fingerprint density at radius 2 is 2.06 bits per heavy atom. The van der Waals surface area contributed by atoms with Crippen LogP contribution in [0.2, 0.25) is 5.02 Å². The lowest BCUT2D eigenvalue weighted by Crippen LogP contribution is -2.29. The van der Waals surface area contributed by atoms with E-state index in [9.17, 15) is 0 Å². The van der Waals surface area contributed by atoms with E-state index < -0.39 is 0 Å². The molecule has 0 radical (unpaired) electrons. The first kappa shape index (κ1) is 14.5. The number of hydrogen-bond acceptors (Lipinski definition) is 3. The first-order valence-corrected chi connectivity index (χ1v) is 8.03. The van der Waals surface area contributed by atoms with Crippen LogP contribution >= 0.6 is 54.8 Å². The molecule has 2 aromatic rings. The summed E-state index contributed by atoms with van der Waals surface area (Å²) in [7, 11) is 0. The van der Waals surface area contributed by atoms with Crippen molar-refractivity contribution >= 4 is 54.8 Å². The number of thiophene rings is 1. The van der Waals surface area contributed by atoms with E-state index in [2.05, 4.69) is 43.4 Å². The molecule has 2 nitrogen and oxygen atoms in total. The summed E-state index contributed by atoms with van der Waals surface area (Å²) < 4.78 is 2.01. The molecule has 1 atom stereocenters. The van der Waals surface area contributed by atoms with Crippen LogP contribution in [0.5, 0.6) is 0 Å². The molecule has 3 N–H and O–H groups in total. The van der Waals surface area contributed by atoms with Crippen LogP contribution in [0.4, 0.5) is 0 Å². The lowest BCUT2D eigenvalue weighted by Gasteiger charge is -2.16. The number of nitrogens with two attached hydrogens (primary N) is 1. The summed E-state index contributed by atoms with van der Waals surface area (Å²) in [4.78, 5) is 1.27. The Bertz CT molecular complexity index is 545. The number of benzene rings is 1. The predicted molar refractivity (Wildman–Crippen MR) is 84.9 cm³/mol. The van der Waals surface area contributed by atoms with Crippen LogP contribution in [0.1, 0.15) is 16.5 Å². The van der Waals surface area contributed by atoms with Crippen LogP contribution in [0, 0.1) is 0 Å². The maximum absolute atomic E-state index is 5.99. The highest BCUT2D eigenvalue weighted by molar-refractivity contribution is 9.11. The molecular weight excluding hydrogens is 399 g/mol. The fourth-order valence-corrected chi connectivity index (χ4v) is 3.71. The van der Waals surface area contributed by atoms with Crippen molar-refractivity contribution in [3.05, 3.63) is 54.1 Å². The van der Waals surface area contributed by atoms with Gasteiger partial charge in [-0.05, 0) is 61.7 Å². The molecule has 0 aliphatic rings. The Kier molecular flexibility index (Phi) is 5.24. The van der Waals surface area contributed by atoms with E-state index in [0.29, 0.717) is 5.02 Å². The van der Waals surface area contributed by atoms with E-state index in [4.69, 9.17) is 17.4 Å². The molecule has 96 valence electrons. The lowest BCUT2D eigenvalue weighted by molar-refractivity contribution is 0.555. The van der Waals surface area contributed by atoms with Crippen molar-refractivity contribution in [3.63, 3.8) is 0 Å². The van der Waals surface area contributed by atoms with Gasteiger partial charge in [0.25, 0.3) is 0 Å². The summed E-state index contributed by atoms with van der Waals surface area (Å²) in [6, 6.07) is 10.1. The quantitative estimate of drug-likeness (QED) is 0.568. The van der Waals surface area contributed by atoms with E-state index in [1.54, 1.807) is 11.3 Å². The second-order valence-electron chi connectivity index (χ2n) is 3.80. The minimum atomic E-state index is 0.0733. The number of nitrogens with one attached hydrogen (secondary N) is 1. The van der Waals surface area contributed by atoms with Gasteiger partial charge in [0.05, 0.1) is 14.9 Å². The Balaban J connectivity index is 2.19. The van der Waals surface area contributed by atoms with Crippen LogP contribution in [0.3, 0.4) is 0 Å². The highest BCUT2D eigenvalue weighted by atomic mass is 79.9. The third-order valence-electron chi connectivity index (χ3n) is 2.58. The number of hydrazine groups is 1. The average Bonchev–Trinajstić information content (AvgIpc) is 2.75. The Hall–Kier alpha value is 0.0900. The minimum absolute atomic E-state index is 0.0733. The molecular formula is C12H11Br2ClN2S. The van der Waals surface area contributed by atoms with E-state index in [1.807, 2.05) is 24.3 Å². The molecule has 0 fully saturated rings. The molecule has 0 spiro atoms. The van der Waals surface area contributed by atoms with Gasteiger partial charge in [0.1, 0.15) is 0 Å². The van der Waals surface area contributed by atoms with E-state index in [1.165, 1.54) is 4.88 Å². The first-order valence-electron chi connectivity index (χ1n) is 5.25. The molecule has 6 heteroatoms. The second-order valence-corrected chi connectivity index (χ2v) is 7.61. The minimum Gasteiger partial charge on any atom is -0.271 e. The van der Waals surface area contributed by atoms with Crippen molar-refractivity contribution in [1.82, 2.24) is 5.43 Å². The molecule has 2 rings (SSSR count). The van der Waals surface area contributed by atoms with Gasteiger partial charge >= 0.3 is 0 Å².